The number of carbonyl (C=O) groups is 1. The van der Waals surface area contributed by atoms with Gasteiger partial charge in [0.1, 0.15) is 0 Å². The third-order valence-electron chi connectivity index (χ3n) is 2.05. The first-order valence-corrected chi connectivity index (χ1v) is 4.46. The van der Waals surface area contributed by atoms with E-state index >= 15 is 0 Å². The first-order chi connectivity index (χ1) is 6.06. The van der Waals surface area contributed by atoms with Gasteiger partial charge in [-0.3, -0.25) is 4.79 Å². The van der Waals surface area contributed by atoms with E-state index in [1.807, 2.05) is 23.9 Å². The van der Waals surface area contributed by atoms with Gasteiger partial charge in [-0.15, -0.1) is 0 Å². The first-order valence-electron chi connectivity index (χ1n) is 4.46. The third kappa shape index (κ3) is 1.91. The van der Waals surface area contributed by atoms with E-state index < -0.39 is 0 Å². The molecule has 0 spiro atoms. The molecule has 0 saturated heterocycles. The van der Waals surface area contributed by atoms with Gasteiger partial charge < -0.3 is 9.88 Å². The molecule has 0 radical (unpaired) electrons. The quantitative estimate of drug-likeness (QED) is 0.724. The van der Waals surface area contributed by atoms with Crippen LogP contribution in [0.1, 0.15) is 37.3 Å². The lowest BCUT2D eigenvalue weighted by Crippen LogP contribution is -2.07. The number of anilines is 1. The van der Waals surface area contributed by atoms with Crippen molar-refractivity contribution < 1.29 is 4.79 Å². The topological polar surface area (TPSA) is 34.0 Å². The van der Waals surface area contributed by atoms with E-state index in [0.29, 0.717) is 6.04 Å². The monoisotopic (exact) mass is 180 g/mol. The second kappa shape index (κ2) is 3.64. The highest BCUT2D eigenvalue weighted by molar-refractivity contribution is 5.93. The lowest BCUT2D eigenvalue weighted by Gasteiger charge is -2.09. The van der Waals surface area contributed by atoms with Crippen molar-refractivity contribution in [2.45, 2.75) is 26.8 Å². The van der Waals surface area contributed by atoms with Gasteiger partial charge in [0.2, 0.25) is 0 Å². The summed E-state index contributed by atoms with van der Waals surface area (Å²) in [7, 11) is 1.85. The van der Waals surface area contributed by atoms with Gasteiger partial charge in [-0.05, 0) is 19.9 Å². The standard InChI is InChI=1S/C10H16N2O/c1-7(2)12-6-9(11-4)5-10(12)8(3)13/h5-7,11H,1-4H3. The lowest BCUT2D eigenvalue weighted by molar-refractivity contribution is 0.100. The summed E-state index contributed by atoms with van der Waals surface area (Å²) in [5, 5.41) is 3.02. The Hall–Kier alpha value is -1.25. The zero-order chi connectivity index (χ0) is 10.0. The molecule has 0 unspecified atom stereocenters. The van der Waals surface area contributed by atoms with Crippen LogP contribution in [0.3, 0.4) is 0 Å². The molecule has 1 rings (SSSR count). The Morgan fingerprint density at radius 1 is 1.54 bits per heavy atom. The third-order valence-corrected chi connectivity index (χ3v) is 2.05. The van der Waals surface area contributed by atoms with Crippen molar-refractivity contribution in [1.82, 2.24) is 4.57 Å². The maximum Gasteiger partial charge on any atom is 0.176 e. The van der Waals surface area contributed by atoms with Crippen LogP contribution in [0.5, 0.6) is 0 Å². The molecule has 0 aromatic carbocycles. The molecule has 0 aliphatic carbocycles. The van der Waals surface area contributed by atoms with Crippen LogP contribution in [0.2, 0.25) is 0 Å². The molecule has 0 fully saturated rings. The van der Waals surface area contributed by atoms with Crippen LogP contribution < -0.4 is 5.32 Å². The molecule has 1 N–H and O–H groups in total. The molecule has 0 bridgehead atoms. The number of hydrogen-bond donors (Lipinski definition) is 1. The van der Waals surface area contributed by atoms with Crippen molar-refractivity contribution in [1.29, 1.82) is 0 Å². The minimum atomic E-state index is 0.107. The van der Waals surface area contributed by atoms with Gasteiger partial charge in [0.25, 0.3) is 0 Å². The molecular formula is C10H16N2O. The van der Waals surface area contributed by atoms with Crippen LogP contribution in [0.25, 0.3) is 0 Å². The van der Waals surface area contributed by atoms with Crippen molar-refractivity contribution >= 4 is 11.5 Å². The molecule has 1 heterocycles. The average molecular weight is 180 g/mol. The van der Waals surface area contributed by atoms with Crippen molar-refractivity contribution in [2.75, 3.05) is 12.4 Å². The number of aromatic nitrogens is 1. The van der Waals surface area contributed by atoms with Crippen LogP contribution in [0, 0.1) is 0 Å². The van der Waals surface area contributed by atoms with Gasteiger partial charge in [0, 0.05) is 26.2 Å². The van der Waals surface area contributed by atoms with Crippen molar-refractivity contribution in [3.63, 3.8) is 0 Å². The van der Waals surface area contributed by atoms with E-state index in [1.165, 1.54) is 0 Å². The predicted molar refractivity (Wildman–Crippen MR) is 54.4 cm³/mol. The summed E-state index contributed by atoms with van der Waals surface area (Å²) in [4.78, 5) is 11.3. The second-order valence-electron chi connectivity index (χ2n) is 3.42. The molecule has 1 aromatic rings. The zero-order valence-electron chi connectivity index (χ0n) is 8.59. The second-order valence-corrected chi connectivity index (χ2v) is 3.42. The summed E-state index contributed by atoms with van der Waals surface area (Å²) in [6.45, 7) is 5.71. The highest BCUT2D eigenvalue weighted by Crippen LogP contribution is 2.18. The molecule has 0 saturated carbocycles. The summed E-state index contributed by atoms with van der Waals surface area (Å²) in [6, 6.07) is 2.20. The Kier molecular flexibility index (Phi) is 2.76. The van der Waals surface area contributed by atoms with Crippen molar-refractivity contribution in [3.05, 3.63) is 18.0 Å². The van der Waals surface area contributed by atoms with Crippen LogP contribution in [0.15, 0.2) is 12.3 Å². The van der Waals surface area contributed by atoms with Crippen LogP contribution in [0.4, 0.5) is 5.69 Å². The minimum absolute atomic E-state index is 0.107. The van der Waals surface area contributed by atoms with E-state index in [2.05, 4.69) is 19.2 Å². The van der Waals surface area contributed by atoms with E-state index in [1.54, 1.807) is 6.92 Å². The normalized spacial score (nSPS) is 10.5. The maximum absolute atomic E-state index is 11.3. The highest BCUT2D eigenvalue weighted by Gasteiger charge is 2.10. The molecule has 13 heavy (non-hydrogen) atoms. The van der Waals surface area contributed by atoms with Gasteiger partial charge in [-0.25, -0.2) is 0 Å². The van der Waals surface area contributed by atoms with Crippen LogP contribution >= 0.6 is 0 Å². The van der Waals surface area contributed by atoms with Gasteiger partial charge in [-0.1, -0.05) is 0 Å². The zero-order valence-corrected chi connectivity index (χ0v) is 8.59. The number of ketones is 1. The molecule has 3 heteroatoms. The molecule has 0 aliphatic heterocycles. The van der Waals surface area contributed by atoms with Gasteiger partial charge in [0.05, 0.1) is 11.4 Å². The lowest BCUT2D eigenvalue weighted by atomic mass is 10.3. The number of Topliss-reactive ketones (excluding diaryl/α,β-unsaturated/α-hetero) is 1. The van der Waals surface area contributed by atoms with E-state index in [4.69, 9.17) is 0 Å². The summed E-state index contributed by atoms with van der Waals surface area (Å²) < 4.78 is 1.98. The Bertz CT molecular complexity index is 313. The van der Waals surface area contributed by atoms with E-state index in [0.717, 1.165) is 11.4 Å². The molecule has 1 aromatic heterocycles. The first kappa shape index (κ1) is 9.84. The molecular weight excluding hydrogens is 164 g/mol. The van der Waals surface area contributed by atoms with Crippen molar-refractivity contribution in [3.8, 4) is 0 Å². The molecule has 0 amide bonds. The Morgan fingerprint density at radius 2 is 2.15 bits per heavy atom. The molecule has 3 nitrogen and oxygen atoms in total. The summed E-state index contributed by atoms with van der Waals surface area (Å²) in [6.07, 6.45) is 1.96. The van der Waals surface area contributed by atoms with Crippen molar-refractivity contribution in [2.24, 2.45) is 0 Å². The fourth-order valence-electron chi connectivity index (χ4n) is 1.33. The summed E-state index contributed by atoms with van der Waals surface area (Å²) in [5.41, 5.74) is 1.75. The van der Waals surface area contributed by atoms with Gasteiger partial charge in [0.15, 0.2) is 5.78 Å². The Balaban J connectivity index is 3.15. The predicted octanol–water partition coefficient (Wildman–Crippen LogP) is 2.31. The molecule has 0 aliphatic rings. The fourth-order valence-corrected chi connectivity index (χ4v) is 1.33. The van der Waals surface area contributed by atoms with Gasteiger partial charge in [-0.2, -0.15) is 0 Å². The van der Waals surface area contributed by atoms with Crippen LogP contribution in [-0.2, 0) is 0 Å². The minimum Gasteiger partial charge on any atom is -0.387 e. The molecule has 0 atom stereocenters. The van der Waals surface area contributed by atoms with Gasteiger partial charge >= 0.3 is 0 Å². The average Bonchev–Trinajstić information content (AvgIpc) is 2.47. The maximum atomic E-state index is 11.3. The largest absolute Gasteiger partial charge is 0.387 e. The summed E-state index contributed by atoms with van der Waals surface area (Å²) >= 11 is 0. The number of nitrogens with one attached hydrogen (secondary N) is 1. The van der Waals surface area contributed by atoms with Crippen LogP contribution in [-0.4, -0.2) is 17.4 Å². The SMILES string of the molecule is CNc1cc(C(C)=O)n(C(C)C)c1. The number of rotatable bonds is 3. The Labute approximate surface area is 78.8 Å². The van der Waals surface area contributed by atoms with E-state index in [-0.39, 0.29) is 5.78 Å². The summed E-state index contributed by atoms with van der Waals surface area (Å²) in [5.74, 6) is 0.107. The smallest absolute Gasteiger partial charge is 0.176 e. The molecule has 72 valence electrons. The fraction of sp³-hybridized carbons (Fsp3) is 0.500. The number of nitrogens with zero attached hydrogens (tertiary/aromatic N) is 1. The van der Waals surface area contributed by atoms with E-state index in [9.17, 15) is 4.79 Å². The highest BCUT2D eigenvalue weighted by atomic mass is 16.1. The Morgan fingerprint density at radius 3 is 2.46 bits per heavy atom. The number of hydrogen-bond acceptors (Lipinski definition) is 2. The number of carbonyl (C=O) groups excluding carboxylic acids is 1.